The molecule has 2 N–H and O–H groups in total. The van der Waals surface area contributed by atoms with E-state index in [9.17, 15) is 9.59 Å². The van der Waals surface area contributed by atoms with Crippen molar-refractivity contribution < 1.29 is 4.79 Å². The molecule has 0 aliphatic heterocycles. The van der Waals surface area contributed by atoms with Gasteiger partial charge in [0.15, 0.2) is 0 Å². The van der Waals surface area contributed by atoms with Gasteiger partial charge in [0.2, 0.25) is 0 Å². The molecule has 1 atom stereocenters. The number of nitrogens with zero attached hydrogens (tertiary/aromatic N) is 4. The molecule has 8 heteroatoms. The van der Waals surface area contributed by atoms with Crippen LogP contribution >= 0.6 is 0 Å². The average Bonchev–Trinajstić information content (AvgIpc) is 2.92. The molecule has 0 aromatic carbocycles. The van der Waals surface area contributed by atoms with E-state index in [0.717, 1.165) is 11.4 Å². The normalized spacial score (nSPS) is 12.0. The van der Waals surface area contributed by atoms with Crippen LogP contribution in [0.25, 0.3) is 11.4 Å². The van der Waals surface area contributed by atoms with E-state index in [4.69, 9.17) is 0 Å². The summed E-state index contributed by atoms with van der Waals surface area (Å²) in [6.45, 7) is 6.26. The van der Waals surface area contributed by atoms with Crippen LogP contribution in [-0.4, -0.2) is 36.7 Å². The van der Waals surface area contributed by atoms with Gasteiger partial charge in [0, 0.05) is 35.9 Å². The lowest BCUT2D eigenvalue weighted by Gasteiger charge is -2.15. The van der Waals surface area contributed by atoms with Gasteiger partial charge in [0.05, 0.1) is 12.2 Å². The zero-order valence-electron chi connectivity index (χ0n) is 14.9. The number of hydrogen-bond acceptors (Lipinski definition) is 5. The maximum Gasteiger partial charge on any atom is 0.264 e. The molecule has 3 heterocycles. The number of nitrogens with one attached hydrogen (secondary N) is 2. The van der Waals surface area contributed by atoms with Gasteiger partial charge in [-0.15, -0.1) is 0 Å². The Balaban J connectivity index is 1.71. The molecule has 0 unspecified atom stereocenters. The molecule has 3 aromatic heterocycles. The number of carbonyl (C=O) groups is 1. The summed E-state index contributed by atoms with van der Waals surface area (Å²) in [6, 6.07) is 5.30. The van der Waals surface area contributed by atoms with E-state index in [1.807, 2.05) is 31.5 Å². The molecule has 0 saturated carbocycles. The van der Waals surface area contributed by atoms with Crippen molar-refractivity contribution in [2.45, 2.75) is 33.4 Å². The minimum absolute atomic E-state index is 0.0298. The van der Waals surface area contributed by atoms with Gasteiger partial charge in [0.25, 0.3) is 11.5 Å². The van der Waals surface area contributed by atoms with Gasteiger partial charge in [-0.3, -0.25) is 19.3 Å². The Labute approximate surface area is 150 Å². The molecular weight excluding hydrogens is 332 g/mol. The second-order valence-corrected chi connectivity index (χ2v) is 6.20. The van der Waals surface area contributed by atoms with E-state index in [1.165, 1.54) is 6.20 Å². The molecule has 26 heavy (non-hydrogen) atoms. The van der Waals surface area contributed by atoms with Crippen molar-refractivity contribution in [3.63, 3.8) is 0 Å². The van der Waals surface area contributed by atoms with Crippen LogP contribution in [0, 0.1) is 13.8 Å². The standard InChI is InChI=1S/C18H20N6O2/c1-11-7-13(3)24(23-11)10-12(2)21-17(25)15-9-20-16(22-18(15)26)14-5-4-6-19-8-14/h4-9,12H,10H2,1-3H3,(H,21,25)(H,20,22,26)/t12-/m1/s1. The van der Waals surface area contributed by atoms with E-state index in [-0.39, 0.29) is 11.6 Å². The van der Waals surface area contributed by atoms with Crippen molar-refractivity contribution in [1.82, 2.24) is 30.0 Å². The van der Waals surface area contributed by atoms with Crippen LogP contribution in [0.2, 0.25) is 0 Å². The van der Waals surface area contributed by atoms with Gasteiger partial charge < -0.3 is 10.3 Å². The van der Waals surface area contributed by atoms with Crippen molar-refractivity contribution >= 4 is 5.91 Å². The largest absolute Gasteiger partial charge is 0.347 e. The molecule has 1 amide bonds. The number of aromatic nitrogens is 5. The van der Waals surface area contributed by atoms with Crippen LogP contribution in [0.1, 0.15) is 28.7 Å². The number of amides is 1. The number of aromatic amines is 1. The number of carbonyl (C=O) groups excluding carboxylic acids is 1. The van der Waals surface area contributed by atoms with Gasteiger partial charge in [0.1, 0.15) is 11.4 Å². The summed E-state index contributed by atoms with van der Waals surface area (Å²) in [5.41, 5.74) is 2.10. The molecule has 0 aliphatic rings. The maximum absolute atomic E-state index is 12.4. The summed E-state index contributed by atoms with van der Waals surface area (Å²) in [4.78, 5) is 35.4. The molecule has 0 spiro atoms. The molecule has 134 valence electrons. The number of aryl methyl sites for hydroxylation is 2. The van der Waals surface area contributed by atoms with Crippen LogP contribution in [0.4, 0.5) is 0 Å². The summed E-state index contributed by atoms with van der Waals surface area (Å²) < 4.78 is 1.83. The van der Waals surface area contributed by atoms with E-state index in [0.29, 0.717) is 17.9 Å². The Bertz CT molecular complexity index is 977. The number of hydrogen-bond donors (Lipinski definition) is 2. The predicted octanol–water partition coefficient (Wildman–Crippen LogP) is 1.46. The van der Waals surface area contributed by atoms with Gasteiger partial charge in [-0.1, -0.05) is 0 Å². The molecule has 0 fully saturated rings. The number of rotatable bonds is 5. The molecule has 3 aromatic rings. The smallest absolute Gasteiger partial charge is 0.264 e. The maximum atomic E-state index is 12.4. The third-order valence-electron chi connectivity index (χ3n) is 3.91. The fourth-order valence-electron chi connectivity index (χ4n) is 2.67. The van der Waals surface area contributed by atoms with Crippen LogP contribution in [0.3, 0.4) is 0 Å². The lowest BCUT2D eigenvalue weighted by Crippen LogP contribution is -2.38. The molecule has 8 nitrogen and oxygen atoms in total. The zero-order chi connectivity index (χ0) is 18.7. The van der Waals surface area contributed by atoms with Gasteiger partial charge in [-0.25, -0.2) is 4.98 Å². The lowest BCUT2D eigenvalue weighted by atomic mass is 10.2. The summed E-state index contributed by atoms with van der Waals surface area (Å²) in [7, 11) is 0. The highest BCUT2D eigenvalue weighted by Crippen LogP contribution is 2.10. The topological polar surface area (TPSA) is 106 Å². The van der Waals surface area contributed by atoms with Crippen molar-refractivity contribution in [1.29, 1.82) is 0 Å². The molecule has 3 rings (SSSR count). The Morgan fingerprint density at radius 3 is 2.77 bits per heavy atom. The van der Waals surface area contributed by atoms with Crippen molar-refractivity contribution in [2.24, 2.45) is 0 Å². The van der Waals surface area contributed by atoms with E-state index >= 15 is 0 Å². The molecule has 0 aliphatic carbocycles. The lowest BCUT2D eigenvalue weighted by molar-refractivity contribution is 0.0934. The SMILES string of the molecule is Cc1cc(C)n(C[C@@H](C)NC(=O)c2cnc(-c3cccnc3)[nH]c2=O)n1. The first kappa shape index (κ1) is 17.5. The van der Waals surface area contributed by atoms with Crippen molar-refractivity contribution in [2.75, 3.05) is 0 Å². The van der Waals surface area contributed by atoms with Crippen LogP contribution in [0.15, 0.2) is 41.6 Å². The third-order valence-corrected chi connectivity index (χ3v) is 3.91. The highest BCUT2D eigenvalue weighted by molar-refractivity contribution is 5.93. The molecule has 0 saturated heterocycles. The van der Waals surface area contributed by atoms with E-state index < -0.39 is 11.5 Å². The average molecular weight is 352 g/mol. The summed E-state index contributed by atoms with van der Waals surface area (Å²) in [5.74, 6) is -0.0964. The highest BCUT2D eigenvalue weighted by Gasteiger charge is 2.16. The first-order chi connectivity index (χ1) is 12.4. The fraction of sp³-hybridized carbons (Fsp3) is 0.278. The minimum Gasteiger partial charge on any atom is -0.347 e. The Kier molecular flexibility index (Phi) is 4.92. The molecule has 0 radical (unpaired) electrons. The Hall–Kier alpha value is -3.29. The van der Waals surface area contributed by atoms with Gasteiger partial charge in [-0.2, -0.15) is 5.10 Å². The quantitative estimate of drug-likeness (QED) is 0.723. The van der Waals surface area contributed by atoms with Crippen molar-refractivity contribution in [3.05, 3.63) is 64.1 Å². The zero-order valence-corrected chi connectivity index (χ0v) is 14.9. The van der Waals surface area contributed by atoms with E-state index in [1.54, 1.807) is 24.5 Å². The second-order valence-electron chi connectivity index (χ2n) is 6.20. The fourth-order valence-corrected chi connectivity index (χ4v) is 2.67. The highest BCUT2D eigenvalue weighted by atomic mass is 16.2. The molecular formula is C18H20N6O2. The second kappa shape index (κ2) is 7.30. The Morgan fingerprint density at radius 1 is 1.35 bits per heavy atom. The number of H-pyrrole nitrogens is 1. The van der Waals surface area contributed by atoms with E-state index in [2.05, 4.69) is 25.4 Å². The monoisotopic (exact) mass is 352 g/mol. The van der Waals surface area contributed by atoms with Gasteiger partial charge >= 0.3 is 0 Å². The van der Waals surface area contributed by atoms with Crippen LogP contribution in [0.5, 0.6) is 0 Å². The Morgan fingerprint density at radius 2 is 2.15 bits per heavy atom. The summed E-state index contributed by atoms with van der Waals surface area (Å²) in [6.07, 6.45) is 4.51. The van der Waals surface area contributed by atoms with Crippen molar-refractivity contribution in [3.8, 4) is 11.4 Å². The first-order valence-corrected chi connectivity index (χ1v) is 8.25. The van der Waals surface area contributed by atoms with Gasteiger partial charge in [-0.05, 0) is 39.0 Å². The summed E-state index contributed by atoms with van der Waals surface area (Å²) >= 11 is 0. The number of pyridine rings is 1. The van der Waals surface area contributed by atoms with Crippen LogP contribution in [-0.2, 0) is 6.54 Å². The first-order valence-electron chi connectivity index (χ1n) is 8.25. The summed E-state index contributed by atoms with van der Waals surface area (Å²) in [5, 5.41) is 7.18. The predicted molar refractivity (Wildman–Crippen MR) is 96.7 cm³/mol. The molecule has 0 bridgehead atoms. The van der Waals surface area contributed by atoms with Crippen LogP contribution < -0.4 is 10.9 Å². The minimum atomic E-state index is -0.491. The third kappa shape index (κ3) is 3.85.